The van der Waals surface area contributed by atoms with Gasteiger partial charge >= 0.3 is 17.9 Å². The molecule has 0 fully saturated rings. The van der Waals surface area contributed by atoms with Crippen molar-refractivity contribution in [2.75, 3.05) is 19.8 Å². The van der Waals surface area contributed by atoms with E-state index < -0.39 is 29.4 Å². The molecule has 0 atom stereocenters. The first-order valence-corrected chi connectivity index (χ1v) is 9.28. The molecular weight excluding hydrogens is 366 g/mol. The van der Waals surface area contributed by atoms with E-state index in [1.165, 1.54) is 0 Å². The van der Waals surface area contributed by atoms with Crippen LogP contribution in [0.3, 0.4) is 0 Å². The predicted octanol–water partition coefficient (Wildman–Crippen LogP) is 2.01. The Balaban J connectivity index is 3.14. The second-order valence-corrected chi connectivity index (χ2v) is 5.82. The maximum absolute atomic E-state index is 12.7. The molecule has 8 nitrogen and oxygen atoms in total. The third kappa shape index (κ3) is 6.37. The van der Waals surface area contributed by atoms with Gasteiger partial charge in [0, 0.05) is 12.0 Å². The molecule has 1 N–H and O–H groups in total. The Hall–Kier alpha value is -2.90. The average Bonchev–Trinajstić information content (AvgIpc) is 2.68. The van der Waals surface area contributed by atoms with E-state index in [1.54, 1.807) is 51.1 Å². The fourth-order valence-corrected chi connectivity index (χ4v) is 2.55. The Morgan fingerprint density at radius 1 is 0.857 bits per heavy atom. The molecule has 0 radical (unpaired) electrons. The Kier molecular flexibility index (Phi) is 9.70. The molecular formula is C20H27NO7. The molecule has 154 valence electrons. The van der Waals surface area contributed by atoms with Crippen molar-refractivity contribution in [3.05, 3.63) is 35.9 Å². The number of rotatable bonds is 11. The number of hydrogen-bond acceptors (Lipinski definition) is 7. The van der Waals surface area contributed by atoms with Crippen molar-refractivity contribution < 1.29 is 33.4 Å². The van der Waals surface area contributed by atoms with Crippen LogP contribution in [-0.4, -0.2) is 49.2 Å². The van der Waals surface area contributed by atoms with Crippen LogP contribution in [0.4, 0.5) is 0 Å². The largest absolute Gasteiger partial charge is 0.466 e. The lowest BCUT2D eigenvalue weighted by Gasteiger charge is -2.30. The zero-order valence-corrected chi connectivity index (χ0v) is 16.5. The number of esters is 3. The maximum atomic E-state index is 12.7. The molecule has 28 heavy (non-hydrogen) atoms. The van der Waals surface area contributed by atoms with E-state index in [-0.39, 0.29) is 44.6 Å². The Labute approximate surface area is 164 Å². The highest BCUT2D eigenvalue weighted by molar-refractivity contribution is 6.10. The highest BCUT2D eigenvalue weighted by Gasteiger charge is 2.50. The van der Waals surface area contributed by atoms with Gasteiger partial charge in [-0.25, -0.2) is 9.59 Å². The van der Waals surface area contributed by atoms with Crippen molar-refractivity contribution >= 4 is 23.8 Å². The van der Waals surface area contributed by atoms with Gasteiger partial charge in [-0.2, -0.15) is 0 Å². The average molecular weight is 393 g/mol. The van der Waals surface area contributed by atoms with Gasteiger partial charge in [-0.1, -0.05) is 18.2 Å². The Morgan fingerprint density at radius 2 is 1.39 bits per heavy atom. The zero-order valence-electron chi connectivity index (χ0n) is 16.5. The zero-order chi connectivity index (χ0) is 21.0. The molecule has 1 aromatic rings. The van der Waals surface area contributed by atoms with Gasteiger partial charge in [0.1, 0.15) is 0 Å². The quantitative estimate of drug-likeness (QED) is 0.348. The van der Waals surface area contributed by atoms with Crippen molar-refractivity contribution in [1.29, 1.82) is 0 Å². The number of benzene rings is 1. The summed E-state index contributed by atoms with van der Waals surface area (Å²) >= 11 is 0. The number of carbonyl (C=O) groups is 4. The lowest BCUT2D eigenvalue weighted by atomic mass is 9.91. The van der Waals surface area contributed by atoms with Crippen molar-refractivity contribution in [3.8, 4) is 0 Å². The summed E-state index contributed by atoms with van der Waals surface area (Å²) in [6, 6.07) is 8.16. The lowest BCUT2D eigenvalue weighted by molar-refractivity contribution is -0.166. The summed E-state index contributed by atoms with van der Waals surface area (Å²) in [6.45, 7) is 5.11. The van der Waals surface area contributed by atoms with Crippen LogP contribution in [0.1, 0.15) is 50.4 Å². The fraction of sp³-hybridized carbons (Fsp3) is 0.500. The van der Waals surface area contributed by atoms with Gasteiger partial charge in [0.2, 0.25) is 5.54 Å². The molecule has 8 heteroatoms. The third-order valence-electron chi connectivity index (χ3n) is 3.85. The molecule has 0 unspecified atom stereocenters. The predicted molar refractivity (Wildman–Crippen MR) is 100 cm³/mol. The van der Waals surface area contributed by atoms with Crippen LogP contribution >= 0.6 is 0 Å². The molecule has 0 aromatic heterocycles. The van der Waals surface area contributed by atoms with E-state index >= 15 is 0 Å². The van der Waals surface area contributed by atoms with Crippen molar-refractivity contribution in [3.63, 3.8) is 0 Å². The van der Waals surface area contributed by atoms with Gasteiger partial charge < -0.3 is 19.5 Å². The Bertz CT molecular complexity index is 654. The summed E-state index contributed by atoms with van der Waals surface area (Å²) in [5.41, 5.74) is -1.78. The molecule has 1 aromatic carbocycles. The molecule has 0 saturated carbocycles. The van der Waals surface area contributed by atoms with Gasteiger partial charge in [-0.15, -0.1) is 0 Å². The number of carbonyl (C=O) groups excluding carboxylic acids is 4. The standard InChI is InChI=1S/C20H27NO7/c1-4-26-16(22)13-10-14-20(18(24)27-5-2,19(25)28-6-3)21-17(23)15-11-8-7-9-12-15/h7-9,11-12H,4-6,10,13-14H2,1-3H3,(H,21,23). The van der Waals surface area contributed by atoms with Crippen LogP contribution in [0.5, 0.6) is 0 Å². The second kappa shape index (κ2) is 11.7. The summed E-state index contributed by atoms with van der Waals surface area (Å²) < 4.78 is 15.0. The first-order chi connectivity index (χ1) is 13.4. The lowest BCUT2D eigenvalue weighted by Crippen LogP contribution is -2.61. The third-order valence-corrected chi connectivity index (χ3v) is 3.85. The van der Waals surface area contributed by atoms with Crippen LogP contribution in [0, 0.1) is 0 Å². The second-order valence-electron chi connectivity index (χ2n) is 5.82. The molecule has 0 bridgehead atoms. The normalized spacial score (nSPS) is 10.7. The minimum atomic E-state index is -2.05. The number of nitrogens with one attached hydrogen (secondary N) is 1. The van der Waals surface area contributed by atoms with Gasteiger partial charge in [-0.3, -0.25) is 9.59 Å². The van der Waals surface area contributed by atoms with Crippen molar-refractivity contribution in [1.82, 2.24) is 5.32 Å². The SMILES string of the molecule is CCOC(=O)CCCC(NC(=O)c1ccccc1)(C(=O)OCC)C(=O)OCC. The van der Waals surface area contributed by atoms with Crippen LogP contribution in [0.25, 0.3) is 0 Å². The highest BCUT2D eigenvalue weighted by Crippen LogP contribution is 2.21. The van der Waals surface area contributed by atoms with E-state index in [2.05, 4.69) is 5.32 Å². The summed E-state index contributed by atoms with van der Waals surface area (Å²) in [4.78, 5) is 49.7. The van der Waals surface area contributed by atoms with Crippen LogP contribution < -0.4 is 5.32 Å². The molecule has 0 aliphatic heterocycles. The molecule has 1 rings (SSSR count). The van der Waals surface area contributed by atoms with Crippen LogP contribution in [-0.2, 0) is 28.6 Å². The molecule has 0 heterocycles. The highest BCUT2D eigenvalue weighted by atomic mass is 16.6. The van der Waals surface area contributed by atoms with Gasteiger partial charge in [0.05, 0.1) is 19.8 Å². The smallest absolute Gasteiger partial charge is 0.343 e. The van der Waals surface area contributed by atoms with Crippen molar-refractivity contribution in [2.24, 2.45) is 0 Å². The molecule has 1 amide bonds. The topological polar surface area (TPSA) is 108 Å². The van der Waals surface area contributed by atoms with Crippen LogP contribution in [0.2, 0.25) is 0 Å². The summed E-state index contributed by atoms with van der Waals surface area (Å²) in [7, 11) is 0. The monoisotopic (exact) mass is 393 g/mol. The first-order valence-electron chi connectivity index (χ1n) is 9.28. The maximum Gasteiger partial charge on any atom is 0.343 e. The number of hydrogen-bond donors (Lipinski definition) is 1. The van der Waals surface area contributed by atoms with Gasteiger partial charge in [0.15, 0.2) is 0 Å². The minimum absolute atomic E-state index is 0.0130. The summed E-state index contributed by atoms with van der Waals surface area (Å²) in [5, 5.41) is 2.48. The molecule has 0 aliphatic rings. The van der Waals surface area contributed by atoms with E-state index in [9.17, 15) is 19.2 Å². The van der Waals surface area contributed by atoms with E-state index in [4.69, 9.17) is 14.2 Å². The first kappa shape index (κ1) is 23.1. The number of ether oxygens (including phenoxy) is 3. The van der Waals surface area contributed by atoms with Gasteiger partial charge in [-0.05, 0) is 45.7 Å². The molecule has 0 spiro atoms. The Morgan fingerprint density at radius 3 is 1.89 bits per heavy atom. The molecule has 0 saturated heterocycles. The van der Waals surface area contributed by atoms with Crippen LogP contribution in [0.15, 0.2) is 30.3 Å². The van der Waals surface area contributed by atoms with Crippen molar-refractivity contribution in [2.45, 2.75) is 45.6 Å². The van der Waals surface area contributed by atoms with E-state index in [1.807, 2.05) is 0 Å². The molecule has 0 aliphatic carbocycles. The minimum Gasteiger partial charge on any atom is -0.466 e. The van der Waals surface area contributed by atoms with E-state index in [0.29, 0.717) is 0 Å². The summed E-state index contributed by atoms with van der Waals surface area (Å²) in [6.07, 6.45) is -0.0663. The summed E-state index contributed by atoms with van der Waals surface area (Å²) in [5.74, 6) is -2.94. The fourth-order valence-electron chi connectivity index (χ4n) is 2.55. The van der Waals surface area contributed by atoms with Gasteiger partial charge in [0.25, 0.3) is 5.91 Å². The van der Waals surface area contributed by atoms with E-state index in [0.717, 1.165) is 0 Å². The number of amides is 1.